The Morgan fingerprint density at radius 1 is 1.19 bits per heavy atom. The van der Waals surface area contributed by atoms with E-state index in [-0.39, 0.29) is 56.6 Å². The molecule has 8 nitrogen and oxygen atoms in total. The third kappa shape index (κ3) is 6.69. The Bertz CT molecular complexity index is 429. The first-order valence-corrected chi connectivity index (χ1v) is 7.10. The minimum atomic E-state index is -0.731. The molecule has 1 fully saturated rings. The molecule has 1 aliphatic heterocycles. The number of nitrogens with one attached hydrogen (secondary N) is 3. The minimum absolute atomic E-state index is 0.0119. The van der Waals surface area contributed by atoms with Crippen LogP contribution in [0.1, 0.15) is 19.3 Å². The number of carbonyl (C=O) groups excluding carboxylic acids is 4. The summed E-state index contributed by atoms with van der Waals surface area (Å²) < 4.78 is 0. The number of ketones is 1. The summed E-state index contributed by atoms with van der Waals surface area (Å²) >= 11 is 3.73. The molecule has 2 amide bonds. The van der Waals surface area contributed by atoms with Gasteiger partial charge in [-0.2, -0.15) is 0 Å². The van der Waals surface area contributed by atoms with E-state index in [9.17, 15) is 19.2 Å². The molecular formula is C12H20N4O4S. The molecule has 0 radical (unpaired) electrons. The Labute approximate surface area is 128 Å². The topological polar surface area (TPSA) is 130 Å². The lowest BCUT2D eigenvalue weighted by Gasteiger charge is -2.17. The Kier molecular flexibility index (Phi) is 7.34. The number of Topliss-reactive ketones (excluding diaryl/α,β-unsaturated/α-hetero) is 1. The number of thiol groups is 1. The van der Waals surface area contributed by atoms with E-state index in [0.717, 1.165) is 0 Å². The van der Waals surface area contributed by atoms with Gasteiger partial charge in [-0.05, 0) is 6.42 Å². The normalized spacial score (nSPS) is 26.5. The number of hydrogen-bond acceptors (Lipinski definition) is 6. The lowest BCUT2D eigenvalue weighted by Crippen LogP contribution is -2.43. The average Bonchev–Trinajstić information content (AvgIpc) is 2.42. The van der Waals surface area contributed by atoms with Crippen molar-refractivity contribution in [3.05, 3.63) is 0 Å². The first-order chi connectivity index (χ1) is 9.90. The molecule has 1 heterocycles. The zero-order chi connectivity index (χ0) is 15.8. The van der Waals surface area contributed by atoms with Crippen LogP contribution in [-0.2, 0) is 19.2 Å². The number of rotatable bonds is 1. The summed E-state index contributed by atoms with van der Waals surface area (Å²) in [5.41, 5.74) is 5.69. The van der Waals surface area contributed by atoms with Crippen LogP contribution in [0.3, 0.4) is 0 Å². The second kappa shape index (κ2) is 8.75. The predicted molar refractivity (Wildman–Crippen MR) is 78.3 cm³/mol. The third-order valence-corrected chi connectivity index (χ3v) is 3.50. The molecule has 1 rings (SSSR count). The number of carbonyl (C=O) groups is 4. The Balaban J connectivity index is 2.67. The van der Waals surface area contributed by atoms with Gasteiger partial charge in [-0.1, -0.05) is 0 Å². The van der Waals surface area contributed by atoms with Crippen LogP contribution in [0.5, 0.6) is 0 Å². The number of hydrogen-bond donors (Lipinski definition) is 5. The molecule has 0 bridgehead atoms. The van der Waals surface area contributed by atoms with Crippen LogP contribution in [0.2, 0.25) is 0 Å². The molecule has 0 aromatic heterocycles. The maximum Gasteiger partial charge on any atom is 0.222 e. The summed E-state index contributed by atoms with van der Waals surface area (Å²) in [5.74, 6) is -1.55. The lowest BCUT2D eigenvalue weighted by molar-refractivity contribution is -0.126. The van der Waals surface area contributed by atoms with Crippen LogP contribution in [0.15, 0.2) is 0 Å². The third-order valence-electron chi connectivity index (χ3n) is 3.14. The fourth-order valence-corrected chi connectivity index (χ4v) is 2.00. The SMILES string of the molecule is NC1CCC(=O)NCNC(=O)CC(C(=O)S)CNCC1=O. The highest BCUT2D eigenvalue weighted by molar-refractivity contribution is 7.96. The standard InChI is InChI=1S/C12H20N4O4S/c13-8-1-2-10(18)15-6-16-11(19)3-7(12(20)21)4-14-5-9(8)17/h7-8,14H,1-6,13H2,(H,15,18)(H,16,19)(H,20,21). The monoisotopic (exact) mass is 316 g/mol. The molecule has 5 N–H and O–H groups in total. The Morgan fingerprint density at radius 2 is 1.86 bits per heavy atom. The Hall–Kier alpha value is -1.45. The van der Waals surface area contributed by atoms with Crippen LogP contribution in [0.4, 0.5) is 0 Å². The quantitative estimate of drug-likeness (QED) is 0.353. The van der Waals surface area contributed by atoms with Crippen molar-refractivity contribution in [3.63, 3.8) is 0 Å². The molecular weight excluding hydrogens is 296 g/mol. The first-order valence-electron chi connectivity index (χ1n) is 6.65. The summed E-state index contributed by atoms with van der Waals surface area (Å²) in [6.07, 6.45) is 0.279. The van der Waals surface area contributed by atoms with E-state index in [2.05, 4.69) is 28.6 Å². The van der Waals surface area contributed by atoms with Crippen molar-refractivity contribution in [2.45, 2.75) is 25.3 Å². The molecule has 21 heavy (non-hydrogen) atoms. The minimum Gasteiger partial charge on any atom is -0.339 e. The van der Waals surface area contributed by atoms with Gasteiger partial charge in [0.1, 0.15) is 0 Å². The fourth-order valence-electron chi connectivity index (χ4n) is 1.82. The number of nitrogens with two attached hydrogens (primary N) is 1. The van der Waals surface area contributed by atoms with Crippen LogP contribution < -0.4 is 21.7 Å². The molecule has 0 aromatic rings. The molecule has 0 spiro atoms. The molecule has 1 aliphatic rings. The first kappa shape index (κ1) is 17.6. The zero-order valence-corrected chi connectivity index (χ0v) is 12.4. The summed E-state index contributed by atoms with van der Waals surface area (Å²) in [6, 6.07) is -0.731. The van der Waals surface area contributed by atoms with Gasteiger partial charge >= 0.3 is 0 Å². The van der Waals surface area contributed by atoms with Crippen LogP contribution in [0, 0.1) is 5.92 Å². The highest BCUT2D eigenvalue weighted by Gasteiger charge is 2.21. The summed E-state index contributed by atoms with van der Waals surface area (Å²) in [7, 11) is 0. The predicted octanol–water partition coefficient (Wildman–Crippen LogP) is -2.08. The van der Waals surface area contributed by atoms with Gasteiger partial charge in [0.05, 0.1) is 19.3 Å². The molecule has 1 saturated heterocycles. The molecule has 2 unspecified atom stereocenters. The van der Waals surface area contributed by atoms with Crippen molar-refractivity contribution < 1.29 is 19.2 Å². The van der Waals surface area contributed by atoms with Crippen molar-refractivity contribution in [1.29, 1.82) is 0 Å². The molecule has 0 saturated carbocycles. The van der Waals surface area contributed by atoms with Crippen molar-refractivity contribution in [3.8, 4) is 0 Å². The zero-order valence-electron chi connectivity index (χ0n) is 11.6. The van der Waals surface area contributed by atoms with Crippen molar-refractivity contribution in [2.24, 2.45) is 11.7 Å². The van der Waals surface area contributed by atoms with Crippen molar-refractivity contribution in [2.75, 3.05) is 19.8 Å². The summed E-state index contributed by atoms with van der Waals surface area (Å²) in [6.45, 7) is 0.129. The molecule has 2 atom stereocenters. The highest BCUT2D eigenvalue weighted by Crippen LogP contribution is 2.06. The van der Waals surface area contributed by atoms with E-state index in [0.29, 0.717) is 0 Å². The van der Waals surface area contributed by atoms with Gasteiger partial charge < -0.3 is 21.7 Å². The van der Waals surface area contributed by atoms with Crippen LogP contribution in [0.25, 0.3) is 0 Å². The van der Waals surface area contributed by atoms with Gasteiger partial charge in [0.15, 0.2) is 10.9 Å². The molecule has 0 aliphatic carbocycles. The van der Waals surface area contributed by atoms with E-state index in [1.807, 2.05) is 0 Å². The van der Waals surface area contributed by atoms with E-state index in [4.69, 9.17) is 5.73 Å². The van der Waals surface area contributed by atoms with Gasteiger partial charge in [-0.3, -0.25) is 19.2 Å². The van der Waals surface area contributed by atoms with Crippen LogP contribution >= 0.6 is 12.6 Å². The highest BCUT2D eigenvalue weighted by atomic mass is 32.1. The van der Waals surface area contributed by atoms with Gasteiger partial charge in [-0.25, -0.2) is 0 Å². The van der Waals surface area contributed by atoms with Gasteiger partial charge in [0.2, 0.25) is 11.8 Å². The van der Waals surface area contributed by atoms with Crippen LogP contribution in [-0.4, -0.2) is 48.5 Å². The average molecular weight is 316 g/mol. The maximum atomic E-state index is 11.7. The van der Waals surface area contributed by atoms with E-state index in [1.165, 1.54) is 0 Å². The molecule has 0 aromatic carbocycles. The van der Waals surface area contributed by atoms with E-state index in [1.54, 1.807) is 0 Å². The van der Waals surface area contributed by atoms with Crippen molar-refractivity contribution in [1.82, 2.24) is 16.0 Å². The summed E-state index contributed by atoms with van der Waals surface area (Å²) in [5, 5.41) is 7.34. The maximum absolute atomic E-state index is 11.7. The van der Waals surface area contributed by atoms with Gasteiger partial charge in [0.25, 0.3) is 0 Å². The Morgan fingerprint density at radius 3 is 2.52 bits per heavy atom. The largest absolute Gasteiger partial charge is 0.339 e. The molecule has 118 valence electrons. The second-order valence-electron chi connectivity index (χ2n) is 4.86. The summed E-state index contributed by atoms with van der Waals surface area (Å²) in [4.78, 5) is 46.2. The van der Waals surface area contributed by atoms with Crippen molar-refractivity contribution >= 4 is 35.3 Å². The van der Waals surface area contributed by atoms with Gasteiger partial charge in [0, 0.05) is 25.3 Å². The fraction of sp³-hybridized carbons (Fsp3) is 0.667. The molecule has 9 heteroatoms. The van der Waals surface area contributed by atoms with E-state index < -0.39 is 17.1 Å². The number of amides is 2. The van der Waals surface area contributed by atoms with Gasteiger partial charge in [-0.15, -0.1) is 12.6 Å². The smallest absolute Gasteiger partial charge is 0.222 e. The van der Waals surface area contributed by atoms with E-state index >= 15 is 0 Å². The second-order valence-corrected chi connectivity index (χ2v) is 5.30. The lowest BCUT2D eigenvalue weighted by atomic mass is 10.1.